The second-order valence-electron chi connectivity index (χ2n) is 5.54. The average molecular weight is 328 g/mol. The molecule has 0 spiro atoms. The van der Waals surface area contributed by atoms with Crippen molar-refractivity contribution >= 4 is 21.4 Å². The molecule has 0 saturated carbocycles. The van der Waals surface area contributed by atoms with Gasteiger partial charge in [-0.05, 0) is 25.0 Å². The summed E-state index contributed by atoms with van der Waals surface area (Å²) < 4.78 is 25.3. The zero-order valence-corrected chi connectivity index (χ0v) is 13.4. The van der Waals surface area contributed by atoms with Crippen LogP contribution in [0.5, 0.6) is 0 Å². The fraction of sp³-hybridized carbons (Fsp3) is 0.538. The molecule has 2 N–H and O–H groups in total. The van der Waals surface area contributed by atoms with Gasteiger partial charge in [0, 0.05) is 39.3 Å². The van der Waals surface area contributed by atoms with Crippen molar-refractivity contribution in [2.24, 2.45) is 5.73 Å². The molecule has 22 heavy (non-hydrogen) atoms. The summed E-state index contributed by atoms with van der Waals surface area (Å²) in [7, 11) is -0.930. The summed E-state index contributed by atoms with van der Waals surface area (Å²) in [5.74, 6) is 0. The summed E-state index contributed by atoms with van der Waals surface area (Å²) in [5.41, 5.74) is 6.12. The third kappa shape index (κ3) is 3.21. The van der Waals surface area contributed by atoms with Crippen LogP contribution >= 0.6 is 0 Å². The van der Waals surface area contributed by atoms with Gasteiger partial charge in [0.15, 0.2) is 0 Å². The maximum atomic E-state index is 12.1. The number of piperidine rings is 1. The molecule has 1 aliphatic heterocycles. The van der Waals surface area contributed by atoms with Crippen molar-refractivity contribution in [2.45, 2.75) is 23.8 Å². The van der Waals surface area contributed by atoms with E-state index in [9.17, 15) is 18.5 Å². The highest BCUT2D eigenvalue weighted by Crippen LogP contribution is 2.32. The second-order valence-corrected chi connectivity index (χ2v) is 7.70. The number of hydrogen-bond acceptors (Lipinski definition) is 6. The van der Waals surface area contributed by atoms with Crippen LogP contribution in [0, 0.1) is 10.1 Å². The molecule has 0 bridgehead atoms. The van der Waals surface area contributed by atoms with Gasteiger partial charge in [0.2, 0.25) is 10.0 Å². The van der Waals surface area contributed by atoms with Crippen molar-refractivity contribution in [3.63, 3.8) is 0 Å². The number of sulfonamides is 1. The van der Waals surface area contributed by atoms with E-state index in [0.717, 1.165) is 23.2 Å². The lowest BCUT2D eigenvalue weighted by atomic mass is 10.1. The molecule has 8 nitrogen and oxygen atoms in total. The first-order valence-corrected chi connectivity index (χ1v) is 8.39. The predicted molar refractivity (Wildman–Crippen MR) is 83.4 cm³/mol. The first-order chi connectivity index (χ1) is 10.2. The van der Waals surface area contributed by atoms with E-state index in [-0.39, 0.29) is 16.6 Å². The van der Waals surface area contributed by atoms with Gasteiger partial charge in [-0.3, -0.25) is 10.1 Å². The highest BCUT2D eigenvalue weighted by atomic mass is 32.2. The molecule has 1 unspecified atom stereocenters. The Morgan fingerprint density at radius 3 is 2.64 bits per heavy atom. The minimum Gasteiger partial charge on any atom is -0.364 e. The number of nitro benzene ring substituents is 1. The lowest BCUT2D eigenvalue weighted by Gasteiger charge is -2.32. The van der Waals surface area contributed by atoms with E-state index in [4.69, 9.17) is 5.73 Å². The van der Waals surface area contributed by atoms with Crippen LogP contribution < -0.4 is 10.6 Å². The zero-order chi connectivity index (χ0) is 16.5. The lowest BCUT2D eigenvalue weighted by molar-refractivity contribution is -0.384. The van der Waals surface area contributed by atoms with Crippen molar-refractivity contribution in [1.82, 2.24) is 4.31 Å². The highest BCUT2D eigenvalue weighted by Gasteiger charge is 2.27. The van der Waals surface area contributed by atoms with E-state index in [1.165, 1.54) is 26.2 Å². The number of nitro groups is 1. The standard InChI is InChI=1S/C13H20N4O4S/c1-15(2)22(20,21)11-5-6-12(13(8-11)17(18)19)16-7-3-4-10(14)9-16/h5-6,8,10H,3-4,7,9,14H2,1-2H3. The quantitative estimate of drug-likeness (QED) is 0.646. The summed E-state index contributed by atoms with van der Waals surface area (Å²) in [6.07, 6.45) is 1.74. The molecular weight excluding hydrogens is 308 g/mol. The molecule has 2 rings (SSSR count). The molecular formula is C13H20N4O4S. The van der Waals surface area contributed by atoms with E-state index in [2.05, 4.69) is 0 Å². The smallest absolute Gasteiger partial charge is 0.293 e. The molecule has 0 aliphatic carbocycles. The van der Waals surface area contributed by atoms with Crippen LogP contribution in [0.15, 0.2) is 23.1 Å². The van der Waals surface area contributed by atoms with E-state index >= 15 is 0 Å². The van der Waals surface area contributed by atoms with Gasteiger partial charge in [0.05, 0.1) is 9.82 Å². The number of nitrogens with zero attached hydrogens (tertiary/aromatic N) is 3. The molecule has 0 amide bonds. The van der Waals surface area contributed by atoms with E-state index < -0.39 is 14.9 Å². The Balaban J connectivity index is 2.47. The molecule has 1 aromatic rings. The van der Waals surface area contributed by atoms with Crippen LogP contribution in [0.25, 0.3) is 0 Å². The Morgan fingerprint density at radius 1 is 1.41 bits per heavy atom. The monoisotopic (exact) mass is 328 g/mol. The summed E-state index contributed by atoms with van der Waals surface area (Å²) in [4.78, 5) is 12.5. The first-order valence-electron chi connectivity index (χ1n) is 6.95. The van der Waals surface area contributed by atoms with Crippen LogP contribution in [0.3, 0.4) is 0 Å². The van der Waals surface area contributed by atoms with E-state index in [0.29, 0.717) is 18.8 Å². The molecule has 1 atom stereocenters. The molecule has 1 saturated heterocycles. The number of rotatable bonds is 4. The van der Waals surface area contributed by atoms with Crippen molar-refractivity contribution in [3.05, 3.63) is 28.3 Å². The predicted octanol–water partition coefficient (Wildman–Crippen LogP) is 0.773. The van der Waals surface area contributed by atoms with Crippen LogP contribution in [0.4, 0.5) is 11.4 Å². The summed E-state index contributed by atoms with van der Waals surface area (Å²) in [6.45, 7) is 1.20. The Hall–Kier alpha value is -1.71. The normalized spacial score (nSPS) is 19.5. The van der Waals surface area contributed by atoms with Crippen molar-refractivity contribution < 1.29 is 13.3 Å². The first kappa shape index (κ1) is 16.7. The fourth-order valence-corrected chi connectivity index (χ4v) is 3.44. The van der Waals surface area contributed by atoms with E-state index in [1.54, 1.807) is 0 Å². The van der Waals surface area contributed by atoms with Gasteiger partial charge in [0.1, 0.15) is 5.69 Å². The van der Waals surface area contributed by atoms with Gasteiger partial charge in [-0.25, -0.2) is 12.7 Å². The van der Waals surface area contributed by atoms with Gasteiger partial charge in [-0.2, -0.15) is 0 Å². The second kappa shape index (κ2) is 6.19. The number of anilines is 1. The van der Waals surface area contributed by atoms with Gasteiger partial charge >= 0.3 is 0 Å². The molecule has 122 valence electrons. The third-order valence-corrected chi connectivity index (χ3v) is 5.53. The Bertz CT molecular complexity index is 675. The molecule has 1 heterocycles. The fourth-order valence-electron chi connectivity index (χ4n) is 2.52. The van der Waals surface area contributed by atoms with Crippen molar-refractivity contribution in [3.8, 4) is 0 Å². The Kier molecular flexibility index (Phi) is 4.69. The topological polar surface area (TPSA) is 110 Å². The Morgan fingerprint density at radius 2 is 2.09 bits per heavy atom. The van der Waals surface area contributed by atoms with Gasteiger partial charge in [-0.15, -0.1) is 0 Å². The largest absolute Gasteiger partial charge is 0.364 e. The number of benzene rings is 1. The van der Waals surface area contributed by atoms with E-state index in [1.807, 2.05) is 4.90 Å². The molecule has 0 aromatic heterocycles. The Labute approximate surface area is 129 Å². The summed E-state index contributed by atoms with van der Waals surface area (Å²) >= 11 is 0. The zero-order valence-electron chi connectivity index (χ0n) is 12.6. The maximum absolute atomic E-state index is 12.1. The summed E-state index contributed by atoms with van der Waals surface area (Å²) in [6, 6.07) is 3.98. The molecule has 0 radical (unpaired) electrons. The number of hydrogen-bond donors (Lipinski definition) is 1. The van der Waals surface area contributed by atoms with Gasteiger partial charge in [0.25, 0.3) is 5.69 Å². The lowest BCUT2D eigenvalue weighted by Crippen LogP contribution is -2.43. The van der Waals surface area contributed by atoms with Crippen LogP contribution in [-0.2, 0) is 10.0 Å². The molecule has 1 aromatic carbocycles. The molecule has 1 aliphatic rings. The SMILES string of the molecule is CN(C)S(=O)(=O)c1ccc(N2CCCC(N)C2)c([N+](=O)[O-])c1. The third-order valence-electron chi connectivity index (χ3n) is 3.72. The van der Waals surface area contributed by atoms with Crippen LogP contribution in [-0.4, -0.2) is 50.9 Å². The summed E-state index contributed by atoms with van der Waals surface area (Å²) in [5, 5.41) is 11.3. The van der Waals surface area contributed by atoms with Gasteiger partial charge < -0.3 is 10.6 Å². The van der Waals surface area contributed by atoms with Gasteiger partial charge in [-0.1, -0.05) is 0 Å². The average Bonchev–Trinajstić information content (AvgIpc) is 2.46. The number of nitrogens with two attached hydrogens (primary N) is 1. The highest BCUT2D eigenvalue weighted by molar-refractivity contribution is 7.89. The molecule has 1 fully saturated rings. The van der Waals surface area contributed by atoms with Crippen LogP contribution in [0.2, 0.25) is 0 Å². The van der Waals surface area contributed by atoms with Crippen molar-refractivity contribution in [1.29, 1.82) is 0 Å². The molecule has 9 heteroatoms. The van der Waals surface area contributed by atoms with Crippen molar-refractivity contribution in [2.75, 3.05) is 32.1 Å². The maximum Gasteiger partial charge on any atom is 0.293 e. The minimum absolute atomic E-state index is 0.0291. The minimum atomic E-state index is -3.71. The van der Waals surface area contributed by atoms with Crippen LogP contribution in [0.1, 0.15) is 12.8 Å².